The molecular weight excluding hydrogens is 238 g/mol. The Morgan fingerprint density at radius 1 is 1.21 bits per heavy atom. The topological polar surface area (TPSA) is 45.5 Å². The van der Waals surface area contributed by atoms with Crippen LogP contribution in [0.3, 0.4) is 0 Å². The Hall–Kier alpha value is -1.62. The zero-order valence-corrected chi connectivity index (χ0v) is 11.2. The maximum atomic E-state index is 4.67. The van der Waals surface area contributed by atoms with Crippen molar-refractivity contribution in [2.45, 2.75) is 38.3 Å². The summed E-state index contributed by atoms with van der Waals surface area (Å²) in [7, 11) is 0. The molecule has 2 fully saturated rings. The molecule has 2 aliphatic heterocycles. The van der Waals surface area contributed by atoms with Gasteiger partial charge in [-0.25, -0.2) is 4.52 Å². The highest BCUT2D eigenvalue weighted by Gasteiger charge is 2.30. The summed E-state index contributed by atoms with van der Waals surface area (Å²) in [4.78, 5) is 7.01. The lowest BCUT2D eigenvalue weighted by Gasteiger charge is -2.22. The minimum Gasteiger partial charge on any atom is -0.338 e. The van der Waals surface area contributed by atoms with Crippen molar-refractivity contribution in [2.24, 2.45) is 0 Å². The largest absolute Gasteiger partial charge is 0.338 e. The van der Waals surface area contributed by atoms with Gasteiger partial charge in [0.25, 0.3) is 0 Å². The summed E-state index contributed by atoms with van der Waals surface area (Å²) < 4.78 is 1.94. The molecular formula is C14H19N5. The van der Waals surface area contributed by atoms with Crippen LogP contribution in [0.4, 0.5) is 5.95 Å². The van der Waals surface area contributed by atoms with E-state index in [-0.39, 0.29) is 0 Å². The number of pyridine rings is 1. The second-order valence-electron chi connectivity index (χ2n) is 5.72. The fraction of sp³-hybridized carbons (Fsp3) is 0.571. The average molecular weight is 257 g/mol. The van der Waals surface area contributed by atoms with Gasteiger partial charge < -0.3 is 10.2 Å². The SMILES string of the molecule is Cc1cccc2nc(N3CCC4CCC(C3)N4)nn12. The Labute approximate surface area is 112 Å². The van der Waals surface area contributed by atoms with Crippen molar-refractivity contribution in [3.63, 3.8) is 0 Å². The van der Waals surface area contributed by atoms with Gasteiger partial charge in [0, 0.05) is 30.9 Å². The molecule has 0 radical (unpaired) electrons. The van der Waals surface area contributed by atoms with Gasteiger partial charge in [-0.2, -0.15) is 4.98 Å². The number of hydrogen-bond donors (Lipinski definition) is 1. The Balaban J connectivity index is 1.68. The molecule has 2 unspecified atom stereocenters. The van der Waals surface area contributed by atoms with Gasteiger partial charge in [0.1, 0.15) is 0 Å². The quantitative estimate of drug-likeness (QED) is 0.838. The fourth-order valence-electron chi connectivity index (χ4n) is 3.28. The van der Waals surface area contributed by atoms with E-state index in [2.05, 4.69) is 33.3 Å². The summed E-state index contributed by atoms with van der Waals surface area (Å²) in [6.45, 7) is 4.16. The Kier molecular flexibility index (Phi) is 2.48. The first kappa shape index (κ1) is 11.2. The average Bonchev–Trinajstić information content (AvgIpc) is 2.94. The molecule has 100 valence electrons. The number of nitrogens with zero attached hydrogens (tertiary/aromatic N) is 4. The Morgan fingerprint density at radius 3 is 3.00 bits per heavy atom. The molecule has 2 aromatic heterocycles. The second kappa shape index (κ2) is 4.20. The lowest BCUT2D eigenvalue weighted by atomic mass is 10.1. The van der Waals surface area contributed by atoms with Crippen molar-refractivity contribution in [2.75, 3.05) is 18.0 Å². The van der Waals surface area contributed by atoms with E-state index in [4.69, 9.17) is 0 Å². The van der Waals surface area contributed by atoms with Crippen molar-refractivity contribution >= 4 is 11.6 Å². The van der Waals surface area contributed by atoms with Crippen LogP contribution in [-0.4, -0.2) is 39.8 Å². The molecule has 5 heteroatoms. The first-order chi connectivity index (χ1) is 9.29. The van der Waals surface area contributed by atoms with Crippen LogP contribution < -0.4 is 10.2 Å². The maximum Gasteiger partial charge on any atom is 0.245 e. The smallest absolute Gasteiger partial charge is 0.245 e. The summed E-state index contributed by atoms with van der Waals surface area (Å²) in [5.41, 5.74) is 2.07. The first-order valence-corrected chi connectivity index (χ1v) is 7.13. The second-order valence-corrected chi connectivity index (χ2v) is 5.72. The third kappa shape index (κ3) is 1.89. The third-order valence-electron chi connectivity index (χ3n) is 4.34. The van der Waals surface area contributed by atoms with Crippen molar-refractivity contribution in [1.29, 1.82) is 0 Å². The van der Waals surface area contributed by atoms with Crippen molar-refractivity contribution in [3.05, 3.63) is 23.9 Å². The van der Waals surface area contributed by atoms with Gasteiger partial charge in [-0.3, -0.25) is 0 Å². The van der Waals surface area contributed by atoms with Gasteiger partial charge in [0.05, 0.1) is 0 Å². The van der Waals surface area contributed by atoms with Crippen LogP contribution in [0.25, 0.3) is 5.65 Å². The van der Waals surface area contributed by atoms with Crippen molar-refractivity contribution in [1.82, 2.24) is 19.9 Å². The summed E-state index contributed by atoms with van der Waals surface area (Å²) >= 11 is 0. The first-order valence-electron chi connectivity index (χ1n) is 7.13. The molecule has 2 aliphatic rings. The van der Waals surface area contributed by atoms with Gasteiger partial charge in [0.2, 0.25) is 5.95 Å². The molecule has 1 N–H and O–H groups in total. The van der Waals surface area contributed by atoms with Gasteiger partial charge in [-0.15, -0.1) is 5.10 Å². The standard InChI is InChI=1S/C14H19N5/c1-10-3-2-4-13-16-14(17-19(10)13)18-8-7-11-5-6-12(9-18)15-11/h2-4,11-12,15H,5-9H2,1H3. The van der Waals surface area contributed by atoms with Crippen LogP contribution in [0.1, 0.15) is 25.0 Å². The van der Waals surface area contributed by atoms with Gasteiger partial charge in [-0.1, -0.05) is 6.07 Å². The van der Waals surface area contributed by atoms with E-state index in [9.17, 15) is 0 Å². The predicted molar refractivity (Wildman–Crippen MR) is 74.5 cm³/mol. The molecule has 0 saturated carbocycles. The minimum absolute atomic E-state index is 0.611. The maximum absolute atomic E-state index is 4.67. The highest BCUT2D eigenvalue weighted by molar-refractivity contribution is 5.46. The van der Waals surface area contributed by atoms with Crippen molar-refractivity contribution in [3.8, 4) is 0 Å². The third-order valence-corrected chi connectivity index (χ3v) is 4.34. The van der Waals surface area contributed by atoms with Crippen molar-refractivity contribution < 1.29 is 0 Å². The summed E-state index contributed by atoms with van der Waals surface area (Å²) in [6.07, 6.45) is 3.81. The van der Waals surface area contributed by atoms with Gasteiger partial charge >= 0.3 is 0 Å². The molecule has 0 amide bonds. The van der Waals surface area contributed by atoms with Crippen LogP contribution in [0, 0.1) is 6.92 Å². The molecule has 5 nitrogen and oxygen atoms in total. The molecule has 2 aromatic rings. The number of aryl methyl sites for hydroxylation is 1. The summed E-state index contributed by atoms with van der Waals surface area (Å²) in [5, 5.41) is 8.36. The molecule has 2 atom stereocenters. The molecule has 19 heavy (non-hydrogen) atoms. The van der Waals surface area contributed by atoms with E-state index < -0.39 is 0 Å². The Bertz CT molecular complexity index is 605. The lowest BCUT2D eigenvalue weighted by Crippen LogP contribution is -2.35. The molecule has 0 spiro atoms. The van der Waals surface area contributed by atoms with E-state index in [0.717, 1.165) is 30.4 Å². The lowest BCUT2D eigenvalue weighted by molar-refractivity contribution is 0.563. The van der Waals surface area contributed by atoms with Crippen LogP contribution >= 0.6 is 0 Å². The van der Waals surface area contributed by atoms with E-state index in [1.807, 2.05) is 16.6 Å². The predicted octanol–water partition coefficient (Wildman–Crippen LogP) is 1.37. The highest BCUT2D eigenvalue weighted by Crippen LogP contribution is 2.23. The zero-order valence-electron chi connectivity index (χ0n) is 11.2. The van der Waals surface area contributed by atoms with Gasteiger partial charge in [-0.05, 0) is 38.3 Å². The molecule has 2 saturated heterocycles. The number of hydrogen-bond acceptors (Lipinski definition) is 4. The molecule has 4 rings (SSSR count). The number of rotatable bonds is 1. The van der Waals surface area contributed by atoms with Crippen LogP contribution in [0.2, 0.25) is 0 Å². The normalized spacial score (nSPS) is 26.9. The highest BCUT2D eigenvalue weighted by atomic mass is 15.4. The minimum atomic E-state index is 0.611. The number of nitrogens with one attached hydrogen (secondary N) is 1. The fourth-order valence-corrected chi connectivity index (χ4v) is 3.28. The molecule has 0 aliphatic carbocycles. The van der Waals surface area contributed by atoms with E-state index in [1.165, 1.54) is 19.3 Å². The van der Waals surface area contributed by atoms with E-state index in [1.54, 1.807) is 0 Å². The number of fused-ring (bicyclic) bond motifs is 3. The van der Waals surface area contributed by atoms with E-state index >= 15 is 0 Å². The van der Waals surface area contributed by atoms with Gasteiger partial charge in [0.15, 0.2) is 5.65 Å². The van der Waals surface area contributed by atoms with Crippen LogP contribution in [0.5, 0.6) is 0 Å². The molecule has 0 aromatic carbocycles. The monoisotopic (exact) mass is 257 g/mol. The molecule has 2 bridgehead atoms. The molecule has 4 heterocycles. The van der Waals surface area contributed by atoms with Crippen LogP contribution in [0.15, 0.2) is 18.2 Å². The Morgan fingerprint density at radius 2 is 2.11 bits per heavy atom. The van der Waals surface area contributed by atoms with Crippen LogP contribution in [-0.2, 0) is 0 Å². The summed E-state index contributed by atoms with van der Waals surface area (Å²) in [6, 6.07) is 7.44. The van der Waals surface area contributed by atoms with E-state index in [0.29, 0.717) is 12.1 Å². The summed E-state index contributed by atoms with van der Waals surface area (Å²) in [5.74, 6) is 0.878. The number of aromatic nitrogens is 3. The number of anilines is 1. The zero-order chi connectivity index (χ0) is 12.8.